The number of hydrogen-bond acceptors (Lipinski definition) is 7. The normalized spacial score (nSPS) is 12.2. The van der Waals surface area contributed by atoms with Gasteiger partial charge in [-0.1, -0.05) is 35.0 Å². The Balaban J connectivity index is 1.60. The molecule has 2 aromatic carbocycles. The van der Waals surface area contributed by atoms with E-state index in [1.165, 1.54) is 31.3 Å². The van der Waals surface area contributed by atoms with E-state index in [0.717, 1.165) is 22.0 Å². The largest absolute Gasteiger partial charge is 0.455 e. The van der Waals surface area contributed by atoms with Gasteiger partial charge in [0, 0.05) is 12.6 Å². The third kappa shape index (κ3) is 5.51. The monoisotopic (exact) mass is 469 g/mol. The van der Waals surface area contributed by atoms with Gasteiger partial charge in [-0.25, -0.2) is 8.42 Å². The fraction of sp³-hybridized carbons (Fsp3) is 0.250. The number of ether oxygens (including phenoxy) is 1. The Morgan fingerprint density at radius 3 is 2.50 bits per heavy atom. The van der Waals surface area contributed by atoms with Crippen LogP contribution >= 0.6 is 0 Å². The molecule has 0 bridgehead atoms. The molecular weight excluding hydrogens is 451 g/mol. The van der Waals surface area contributed by atoms with Crippen LogP contribution in [0.25, 0.3) is 11.4 Å². The second kappa shape index (κ2) is 9.09. The first kappa shape index (κ1) is 23.4. The summed E-state index contributed by atoms with van der Waals surface area (Å²) >= 11 is 0. The number of alkyl halides is 3. The van der Waals surface area contributed by atoms with Crippen LogP contribution < -0.4 is 0 Å². The Bertz CT molecular complexity index is 1210. The molecule has 0 unspecified atom stereocenters. The number of likely N-dealkylation sites (N-methyl/N-ethyl adjacent to an activating group) is 1. The van der Waals surface area contributed by atoms with Crippen LogP contribution in [-0.4, -0.2) is 42.4 Å². The fourth-order valence-electron chi connectivity index (χ4n) is 2.61. The number of nitrogens with zero attached hydrogens (tertiary/aromatic N) is 3. The van der Waals surface area contributed by atoms with E-state index in [1.54, 1.807) is 12.1 Å². The van der Waals surface area contributed by atoms with Crippen LogP contribution in [0.5, 0.6) is 0 Å². The molecule has 170 valence electrons. The summed E-state index contributed by atoms with van der Waals surface area (Å²) in [5.74, 6) is -1.14. The standard InChI is InChI=1S/C20H18F3N3O5S/c1-13-6-8-16(9-7-13)32(28,29)26(2)11-18(27)30-12-17-24-19(25-31-17)14-4-3-5-15(10-14)20(21,22)23/h3-10H,11-12H2,1-2H3. The van der Waals surface area contributed by atoms with E-state index in [9.17, 15) is 26.4 Å². The van der Waals surface area contributed by atoms with Crippen LogP contribution in [0.3, 0.4) is 0 Å². The van der Waals surface area contributed by atoms with Crippen molar-refractivity contribution >= 4 is 16.0 Å². The number of rotatable bonds is 7. The highest BCUT2D eigenvalue weighted by atomic mass is 32.2. The van der Waals surface area contributed by atoms with Crippen LogP contribution in [0.15, 0.2) is 57.9 Å². The van der Waals surface area contributed by atoms with E-state index >= 15 is 0 Å². The van der Waals surface area contributed by atoms with Crippen LogP contribution in [-0.2, 0) is 32.3 Å². The number of aromatic nitrogens is 2. The van der Waals surface area contributed by atoms with Crippen LogP contribution in [0.2, 0.25) is 0 Å². The molecule has 0 atom stereocenters. The lowest BCUT2D eigenvalue weighted by atomic mass is 10.1. The average Bonchev–Trinajstić information content (AvgIpc) is 3.21. The topological polar surface area (TPSA) is 103 Å². The highest BCUT2D eigenvalue weighted by Crippen LogP contribution is 2.31. The molecule has 3 aromatic rings. The fourth-order valence-corrected chi connectivity index (χ4v) is 3.73. The van der Waals surface area contributed by atoms with Crippen molar-refractivity contribution < 1.29 is 35.6 Å². The number of carbonyl (C=O) groups excluding carboxylic acids is 1. The second-order valence-corrected chi connectivity index (χ2v) is 8.87. The van der Waals surface area contributed by atoms with Crippen molar-refractivity contribution in [3.63, 3.8) is 0 Å². The summed E-state index contributed by atoms with van der Waals surface area (Å²) in [6.07, 6.45) is -4.52. The van der Waals surface area contributed by atoms with Crippen molar-refractivity contribution in [3.8, 4) is 11.4 Å². The molecule has 0 saturated heterocycles. The van der Waals surface area contributed by atoms with Gasteiger partial charge >= 0.3 is 12.1 Å². The SMILES string of the molecule is Cc1ccc(S(=O)(=O)N(C)CC(=O)OCc2nc(-c3cccc(C(F)(F)F)c3)no2)cc1. The summed E-state index contributed by atoms with van der Waals surface area (Å²) in [5.41, 5.74) is 0.0887. The van der Waals surface area contributed by atoms with Gasteiger partial charge in [0.25, 0.3) is 5.89 Å². The van der Waals surface area contributed by atoms with Crippen molar-refractivity contribution in [3.05, 3.63) is 65.5 Å². The van der Waals surface area contributed by atoms with Gasteiger partial charge in [0.1, 0.15) is 6.54 Å². The van der Waals surface area contributed by atoms with Gasteiger partial charge < -0.3 is 9.26 Å². The molecule has 32 heavy (non-hydrogen) atoms. The molecule has 3 rings (SSSR count). The van der Waals surface area contributed by atoms with E-state index in [1.807, 2.05) is 6.92 Å². The maximum absolute atomic E-state index is 12.8. The predicted molar refractivity (Wildman–Crippen MR) is 106 cm³/mol. The lowest BCUT2D eigenvalue weighted by molar-refractivity contribution is -0.145. The van der Waals surface area contributed by atoms with Gasteiger partial charge in [-0.05, 0) is 31.2 Å². The molecule has 8 nitrogen and oxygen atoms in total. The molecule has 0 aliphatic carbocycles. The van der Waals surface area contributed by atoms with Gasteiger partial charge in [-0.15, -0.1) is 0 Å². The van der Waals surface area contributed by atoms with E-state index in [4.69, 9.17) is 9.26 Å². The van der Waals surface area contributed by atoms with Crippen molar-refractivity contribution in [1.29, 1.82) is 0 Å². The Labute approximate surface area is 181 Å². The molecule has 1 aromatic heterocycles. The number of aryl methyl sites for hydroxylation is 1. The smallest absolute Gasteiger partial charge is 0.416 e. The van der Waals surface area contributed by atoms with E-state index in [0.29, 0.717) is 0 Å². The molecule has 0 aliphatic rings. The molecular formula is C20H18F3N3O5S. The number of esters is 1. The summed E-state index contributed by atoms with van der Waals surface area (Å²) in [6, 6.07) is 10.5. The number of halogens is 3. The van der Waals surface area contributed by atoms with Crippen LogP contribution in [0.4, 0.5) is 13.2 Å². The Kier molecular flexibility index (Phi) is 6.65. The van der Waals surface area contributed by atoms with Gasteiger partial charge in [0.2, 0.25) is 15.8 Å². The Hall–Kier alpha value is -3.25. The molecule has 0 N–H and O–H groups in total. The minimum absolute atomic E-state index is 0.0287. The lowest BCUT2D eigenvalue weighted by Crippen LogP contribution is -2.33. The lowest BCUT2D eigenvalue weighted by Gasteiger charge is -2.16. The first-order valence-electron chi connectivity index (χ1n) is 9.15. The van der Waals surface area contributed by atoms with Gasteiger partial charge in [0.05, 0.1) is 10.5 Å². The van der Waals surface area contributed by atoms with Crippen molar-refractivity contribution in [1.82, 2.24) is 14.4 Å². The first-order valence-corrected chi connectivity index (χ1v) is 10.6. The third-order valence-corrected chi connectivity index (χ3v) is 6.17. The summed E-state index contributed by atoms with van der Waals surface area (Å²) < 4.78 is 74.2. The van der Waals surface area contributed by atoms with Gasteiger partial charge in [-0.2, -0.15) is 22.5 Å². The molecule has 0 amide bonds. The number of carbonyl (C=O) groups is 1. The summed E-state index contributed by atoms with van der Waals surface area (Å²) in [6.45, 7) is 0.779. The predicted octanol–water partition coefficient (Wildman–Crippen LogP) is 3.43. The van der Waals surface area contributed by atoms with Crippen molar-refractivity contribution in [2.75, 3.05) is 13.6 Å². The Morgan fingerprint density at radius 1 is 1.16 bits per heavy atom. The molecule has 0 aliphatic heterocycles. The van der Waals surface area contributed by atoms with E-state index in [2.05, 4.69) is 10.1 Å². The molecule has 0 fully saturated rings. The van der Waals surface area contributed by atoms with Crippen LogP contribution in [0, 0.1) is 6.92 Å². The van der Waals surface area contributed by atoms with Crippen molar-refractivity contribution in [2.45, 2.75) is 24.6 Å². The first-order chi connectivity index (χ1) is 15.0. The summed E-state index contributed by atoms with van der Waals surface area (Å²) in [4.78, 5) is 16.0. The zero-order valence-electron chi connectivity index (χ0n) is 17.0. The van der Waals surface area contributed by atoms with Gasteiger partial charge in [0.15, 0.2) is 6.61 Å². The molecule has 0 spiro atoms. The molecule has 1 heterocycles. The Morgan fingerprint density at radius 2 is 1.84 bits per heavy atom. The zero-order chi connectivity index (χ0) is 23.5. The highest BCUT2D eigenvalue weighted by molar-refractivity contribution is 7.89. The minimum Gasteiger partial charge on any atom is -0.455 e. The van der Waals surface area contributed by atoms with Gasteiger partial charge in [-0.3, -0.25) is 4.79 Å². The minimum atomic E-state index is -4.52. The average molecular weight is 469 g/mol. The second-order valence-electron chi connectivity index (χ2n) is 6.83. The van der Waals surface area contributed by atoms with Crippen molar-refractivity contribution in [2.24, 2.45) is 0 Å². The summed E-state index contributed by atoms with van der Waals surface area (Å²) in [7, 11) is -2.66. The molecule has 0 radical (unpaired) electrons. The maximum atomic E-state index is 12.8. The quantitative estimate of drug-likeness (QED) is 0.489. The maximum Gasteiger partial charge on any atom is 0.416 e. The third-order valence-electron chi connectivity index (χ3n) is 4.35. The number of benzene rings is 2. The van der Waals surface area contributed by atoms with E-state index in [-0.39, 0.29) is 22.2 Å². The number of hydrogen-bond donors (Lipinski definition) is 0. The molecule has 0 saturated carbocycles. The van der Waals surface area contributed by atoms with E-state index < -0.39 is 40.9 Å². The highest BCUT2D eigenvalue weighted by Gasteiger charge is 2.31. The summed E-state index contributed by atoms with van der Waals surface area (Å²) in [5, 5.41) is 3.58. The zero-order valence-corrected chi connectivity index (χ0v) is 17.8. The van der Waals surface area contributed by atoms with Crippen LogP contribution in [0.1, 0.15) is 17.0 Å². The molecule has 12 heteroatoms. The number of sulfonamides is 1.